The Morgan fingerprint density at radius 1 is 0.958 bits per heavy atom. The number of nitrogens with zero attached hydrogens (tertiary/aromatic N) is 1. The molecule has 2 nitrogen and oxygen atoms in total. The van der Waals surface area contributed by atoms with Gasteiger partial charge in [-0.3, -0.25) is 0 Å². The van der Waals surface area contributed by atoms with Gasteiger partial charge in [0.15, 0.2) is 0 Å². The van der Waals surface area contributed by atoms with E-state index < -0.39 is 0 Å². The molecule has 122 valence electrons. The molecule has 0 radical (unpaired) electrons. The Morgan fingerprint density at radius 3 is 2.33 bits per heavy atom. The fourth-order valence-corrected chi connectivity index (χ4v) is 3.86. The predicted octanol–water partition coefficient (Wildman–Crippen LogP) is 5.88. The molecule has 1 fully saturated rings. The van der Waals surface area contributed by atoms with E-state index in [9.17, 15) is 0 Å². The van der Waals surface area contributed by atoms with Crippen molar-refractivity contribution in [3.05, 3.63) is 75.3 Å². The van der Waals surface area contributed by atoms with E-state index in [1.54, 1.807) is 0 Å². The Labute approximate surface area is 152 Å². The molecule has 1 N–H and O–H groups in total. The monoisotopic (exact) mass is 356 g/mol. The molecule has 2 atom stereocenters. The lowest BCUT2D eigenvalue weighted by Crippen LogP contribution is -2.25. The van der Waals surface area contributed by atoms with Crippen molar-refractivity contribution in [2.45, 2.75) is 25.3 Å². The zero-order valence-electron chi connectivity index (χ0n) is 13.2. The molecule has 2 unspecified atom stereocenters. The summed E-state index contributed by atoms with van der Waals surface area (Å²) in [4.78, 5) is 0. The molecule has 0 bridgehead atoms. The van der Waals surface area contributed by atoms with E-state index in [1.165, 1.54) is 28.8 Å². The standard InChI is InChI=1S/C20H18Cl2N2/c21-16-8-4-13(5-9-16)12-15-2-1-3-18-19(23-24-20(15)18)14-6-10-17(22)11-7-14/h4-12,18-19,23H,1-3H2. The van der Waals surface area contributed by atoms with Gasteiger partial charge in [-0.1, -0.05) is 47.5 Å². The van der Waals surface area contributed by atoms with Gasteiger partial charge < -0.3 is 5.43 Å². The van der Waals surface area contributed by atoms with Crippen molar-refractivity contribution in [2.24, 2.45) is 11.0 Å². The molecular formula is C20H18Cl2N2. The maximum Gasteiger partial charge on any atom is 0.0773 e. The Bertz CT molecular complexity index is 791. The maximum atomic E-state index is 6.01. The number of hydrazone groups is 1. The molecule has 1 aliphatic heterocycles. The van der Waals surface area contributed by atoms with Crippen LogP contribution in [0.15, 0.2) is 59.2 Å². The Morgan fingerprint density at radius 2 is 1.62 bits per heavy atom. The van der Waals surface area contributed by atoms with E-state index in [4.69, 9.17) is 23.2 Å². The fraction of sp³-hybridized carbons (Fsp3) is 0.250. The largest absolute Gasteiger partial charge is 0.302 e. The highest BCUT2D eigenvalue weighted by molar-refractivity contribution is 6.30. The number of halogens is 2. The van der Waals surface area contributed by atoms with E-state index in [-0.39, 0.29) is 6.04 Å². The van der Waals surface area contributed by atoms with Crippen molar-refractivity contribution in [2.75, 3.05) is 0 Å². The van der Waals surface area contributed by atoms with Crippen molar-refractivity contribution in [1.29, 1.82) is 0 Å². The summed E-state index contributed by atoms with van der Waals surface area (Å²) in [6.45, 7) is 0. The molecule has 0 aromatic heterocycles. The molecule has 1 aliphatic carbocycles. The fourth-order valence-electron chi connectivity index (χ4n) is 3.61. The smallest absolute Gasteiger partial charge is 0.0773 e. The number of hydrogen-bond acceptors (Lipinski definition) is 2. The SMILES string of the molecule is Clc1ccc(C=C2CCCC3C2=NNC3c2ccc(Cl)cc2)cc1. The van der Waals surface area contributed by atoms with Gasteiger partial charge in [0.05, 0.1) is 11.8 Å². The molecule has 24 heavy (non-hydrogen) atoms. The number of benzene rings is 2. The van der Waals surface area contributed by atoms with Gasteiger partial charge in [-0.05, 0) is 66.3 Å². The van der Waals surface area contributed by atoms with E-state index in [0.29, 0.717) is 5.92 Å². The first kappa shape index (κ1) is 15.7. The van der Waals surface area contributed by atoms with Crippen LogP contribution in [0.25, 0.3) is 6.08 Å². The summed E-state index contributed by atoms with van der Waals surface area (Å²) in [6, 6.07) is 16.3. The van der Waals surface area contributed by atoms with Gasteiger partial charge in [-0.2, -0.15) is 5.10 Å². The molecule has 2 aromatic rings. The first-order valence-corrected chi connectivity index (χ1v) is 9.01. The molecule has 4 rings (SSSR count). The van der Waals surface area contributed by atoms with Crippen LogP contribution < -0.4 is 5.43 Å². The van der Waals surface area contributed by atoms with E-state index in [2.05, 4.69) is 40.9 Å². The number of rotatable bonds is 2. The minimum Gasteiger partial charge on any atom is -0.302 e. The first-order chi connectivity index (χ1) is 11.7. The van der Waals surface area contributed by atoms with Crippen LogP contribution in [0.3, 0.4) is 0 Å². The van der Waals surface area contributed by atoms with E-state index in [1.807, 2.05) is 24.3 Å². The molecule has 2 aromatic carbocycles. The van der Waals surface area contributed by atoms with Crippen LogP contribution in [0.2, 0.25) is 10.0 Å². The third-order valence-electron chi connectivity index (χ3n) is 4.81. The lowest BCUT2D eigenvalue weighted by Gasteiger charge is -2.26. The summed E-state index contributed by atoms with van der Waals surface area (Å²) in [5.41, 5.74) is 8.30. The van der Waals surface area contributed by atoms with Crippen LogP contribution in [0.1, 0.15) is 36.4 Å². The number of nitrogens with one attached hydrogen (secondary N) is 1. The van der Waals surface area contributed by atoms with Crippen molar-refractivity contribution in [3.8, 4) is 0 Å². The topological polar surface area (TPSA) is 24.4 Å². The van der Waals surface area contributed by atoms with Gasteiger partial charge in [0.2, 0.25) is 0 Å². The lowest BCUT2D eigenvalue weighted by molar-refractivity contribution is 0.451. The van der Waals surface area contributed by atoms with Gasteiger partial charge >= 0.3 is 0 Å². The highest BCUT2D eigenvalue weighted by Gasteiger charge is 2.36. The third kappa shape index (κ3) is 3.09. The van der Waals surface area contributed by atoms with E-state index in [0.717, 1.165) is 22.9 Å². The van der Waals surface area contributed by atoms with Gasteiger partial charge in [0.1, 0.15) is 0 Å². The van der Waals surface area contributed by atoms with Crippen molar-refractivity contribution >= 4 is 35.0 Å². The number of hydrogen-bond donors (Lipinski definition) is 1. The van der Waals surface area contributed by atoms with Crippen molar-refractivity contribution in [3.63, 3.8) is 0 Å². The zero-order valence-corrected chi connectivity index (χ0v) is 14.7. The van der Waals surface area contributed by atoms with E-state index >= 15 is 0 Å². The van der Waals surface area contributed by atoms with Crippen LogP contribution in [0.5, 0.6) is 0 Å². The Hall–Kier alpha value is -1.77. The number of fused-ring (bicyclic) bond motifs is 1. The van der Waals surface area contributed by atoms with Crippen LogP contribution in [0.4, 0.5) is 0 Å². The molecular weight excluding hydrogens is 339 g/mol. The molecule has 1 saturated carbocycles. The summed E-state index contributed by atoms with van der Waals surface area (Å²) in [6.07, 6.45) is 5.67. The van der Waals surface area contributed by atoms with Crippen molar-refractivity contribution < 1.29 is 0 Å². The molecule has 0 saturated heterocycles. The van der Waals surface area contributed by atoms with Gasteiger partial charge in [0.25, 0.3) is 0 Å². The highest BCUT2D eigenvalue weighted by atomic mass is 35.5. The summed E-state index contributed by atoms with van der Waals surface area (Å²) < 4.78 is 0. The molecule has 2 aliphatic rings. The summed E-state index contributed by atoms with van der Waals surface area (Å²) in [5.74, 6) is 0.429. The molecule has 4 heteroatoms. The highest BCUT2D eigenvalue weighted by Crippen LogP contribution is 2.39. The average Bonchev–Trinajstić information content (AvgIpc) is 3.03. The Balaban J connectivity index is 1.60. The van der Waals surface area contributed by atoms with Gasteiger partial charge in [-0.25, -0.2) is 0 Å². The lowest BCUT2D eigenvalue weighted by atomic mass is 9.78. The first-order valence-electron chi connectivity index (χ1n) is 8.26. The molecule has 0 amide bonds. The minimum atomic E-state index is 0.242. The summed E-state index contributed by atoms with van der Waals surface area (Å²) in [5, 5.41) is 6.21. The quantitative estimate of drug-likeness (QED) is 0.713. The van der Waals surface area contributed by atoms with Crippen LogP contribution in [-0.2, 0) is 0 Å². The minimum absolute atomic E-state index is 0.242. The molecule has 0 spiro atoms. The summed E-state index contributed by atoms with van der Waals surface area (Å²) in [7, 11) is 0. The van der Waals surface area contributed by atoms with Crippen LogP contribution in [0, 0.1) is 5.92 Å². The normalized spacial score (nSPS) is 24.4. The number of allylic oxidation sites excluding steroid dienone is 1. The zero-order chi connectivity index (χ0) is 16.5. The third-order valence-corrected chi connectivity index (χ3v) is 5.31. The van der Waals surface area contributed by atoms with Crippen molar-refractivity contribution in [1.82, 2.24) is 5.43 Å². The van der Waals surface area contributed by atoms with Crippen LogP contribution >= 0.6 is 23.2 Å². The van der Waals surface area contributed by atoms with Crippen LogP contribution in [-0.4, -0.2) is 5.71 Å². The van der Waals surface area contributed by atoms with Gasteiger partial charge in [0, 0.05) is 16.0 Å². The average molecular weight is 357 g/mol. The Kier molecular flexibility index (Phi) is 4.34. The molecule has 1 heterocycles. The second-order valence-corrected chi connectivity index (χ2v) is 7.25. The summed E-state index contributed by atoms with van der Waals surface area (Å²) >= 11 is 12.0. The second kappa shape index (κ2) is 6.62. The predicted molar refractivity (Wildman–Crippen MR) is 102 cm³/mol. The maximum absolute atomic E-state index is 6.01. The van der Waals surface area contributed by atoms with Gasteiger partial charge in [-0.15, -0.1) is 0 Å². The second-order valence-electron chi connectivity index (χ2n) is 6.38.